The zero-order valence-electron chi connectivity index (χ0n) is 12.8. The molecule has 2 heterocycles. The summed E-state index contributed by atoms with van der Waals surface area (Å²) in [5.74, 6) is 1.16. The molecule has 0 saturated heterocycles. The van der Waals surface area contributed by atoms with E-state index in [9.17, 15) is 9.90 Å². The minimum Gasteiger partial charge on any atom is -0.493 e. The first-order chi connectivity index (χ1) is 11.2. The number of fused-ring (bicyclic) bond motifs is 1. The second kappa shape index (κ2) is 6.70. The number of aliphatic hydroxyl groups excluding tert-OH is 1. The van der Waals surface area contributed by atoms with Gasteiger partial charge in [-0.25, -0.2) is 9.78 Å². The van der Waals surface area contributed by atoms with Crippen molar-refractivity contribution in [3.8, 4) is 5.75 Å². The number of oxazole rings is 1. The highest BCUT2D eigenvalue weighted by Gasteiger charge is 2.31. The number of urea groups is 1. The molecule has 0 saturated carbocycles. The van der Waals surface area contributed by atoms with Crippen LogP contribution in [-0.4, -0.2) is 29.3 Å². The molecule has 1 aromatic heterocycles. The maximum atomic E-state index is 12.2. The van der Waals surface area contributed by atoms with Crippen LogP contribution in [-0.2, 0) is 6.54 Å². The molecule has 2 amide bonds. The van der Waals surface area contributed by atoms with Crippen LogP contribution in [0.15, 0.2) is 35.1 Å². The van der Waals surface area contributed by atoms with E-state index in [4.69, 9.17) is 9.15 Å². The van der Waals surface area contributed by atoms with E-state index in [1.54, 1.807) is 0 Å². The molecule has 0 unspecified atom stereocenters. The van der Waals surface area contributed by atoms with Crippen LogP contribution < -0.4 is 15.4 Å². The normalized spacial score (nSPS) is 19.6. The van der Waals surface area contributed by atoms with Gasteiger partial charge in [0.15, 0.2) is 6.39 Å². The maximum absolute atomic E-state index is 12.2. The Morgan fingerprint density at radius 1 is 1.43 bits per heavy atom. The third-order valence-corrected chi connectivity index (χ3v) is 3.95. The fraction of sp³-hybridized carbons (Fsp3) is 0.375. The third-order valence-electron chi connectivity index (χ3n) is 3.95. The summed E-state index contributed by atoms with van der Waals surface area (Å²) in [4.78, 5) is 16.2. The van der Waals surface area contributed by atoms with Crippen molar-refractivity contribution >= 4 is 6.03 Å². The lowest BCUT2D eigenvalue weighted by Gasteiger charge is -2.33. The van der Waals surface area contributed by atoms with Crippen molar-refractivity contribution < 1.29 is 19.1 Å². The quantitative estimate of drug-likeness (QED) is 0.794. The number of rotatable bonds is 4. The number of para-hydroxylation sites is 1. The lowest BCUT2D eigenvalue weighted by atomic mass is 9.91. The number of amides is 2. The van der Waals surface area contributed by atoms with E-state index in [-0.39, 0.29) is 31.1 Å². The summed E-state index contributed by atoms with van der Waals surface area (Å²) in [6.07, 6.45) is 1.35. The van der Waals surface area contributed by atoms with Crippen molar-refractivity contribution in [1.82, 2.24) is 15.6 Å². The van der Waals surface area contributed by atoms with Gasteiger partial charge in [-0.05, 0) is 13.0 Å². The summed E-state index contributed by atoms with van der Waals surface area (Å²) in [5.41, 5.74) is 1.61. The van der Waals surface area contributed by atoms with Gasteiger partial charge in [0.2, 0.25) is 0 Å². The Hall–Kier alpha value is -2.54. The SMILES string of the molecule is Cc1ncoc1CNC(=O)N[C@H]1c2ccccc2OC[C@H]1CO. The van der Waals surface area contributed by atoms with Gasteiger partial charge in [-0.1, -0.05) is 18.2 Å². The van der Waals surface area contributed by atoms with E-state index in [1.807, 2.05) is 31.2 Å². The number of benzene rings is 1. The molecule has 0 spiro atoms. The standard InChI is InChI=1S/C16H19N3O4/c1-10-14(23-9-18-10)6-17-16(21)19-15-11(7-20)8-22-13-5-3-2-4-12(13)15/h2-5,9,11,15,20H,6-8H2,1H3,(H2,17,19,21)/t11-,15-/m1/s1. The molecular formula is C16H19N3O4. The fourth-order valence-electron chi connectivity index (χ4n) is 2.62. The molecule has 7 heteroatoms. The molecule has 1 aromatic carbocycles. The van der Waals surface area contributed by atoms with Crippen LogP contribution >= 0.6 is 0 Å². The summed E-state index contributed by atoms with van der Waals surface area (Å²) in [5, 5.41) is 15.2. The number of ether oxygens (including phenoxy) is 1. The molecule has 1 aliphatic rings. The number of carbonyl (C=O) groups excluding carboxylic acids is 1. The Labute approximate surface area is 133 Å². The summed E-state index contributed by atoms with van der Waals surface area (Å²) < 4.78 is 10.8. The summed E-state index contributed by atoms with van der Waals surface area (Å²) in [6.45, 7) is 2.36. The smallest absolute Gasteiger partial charge is 0.315 e. The van der Waals surface area contributed by atoms with Crippen molar-refractivity contribution in [2.45, 2.75) is 19.5 Å². The fourth-order valence-corrected chi connectivity index (χ4v) is 2.62. The van der Waals surface area contributed by atoms with E-state index < -0.39 is 0 Å². The van der Waals surface area contributed by atoms with Gasteiger partial charge in [0.05, 0.1) is 31.5 Å². The van der Waals surface area contributed by atoms with E-state index in [2.05, 4.69) is 15.6 Å². The van der Waals surface area contributed by atoms with E-state index in [0.29, 0.717) is 12.4 Å². The van der Waals surface area contributed by atoms with Gasteiger partial charge in [0.25, 0.3) is 0 Å². The highest BCUT2D eigenvalue weighted by molar-refractivity contribution is 5.74. The van der Waals surface area contributed by atoms with Crippen molar-refractivity contribution in [3.05, 3.63) is 47.7 Å². The molecule has 3 rings (SSSR count). The van der Waals surface area contributed by atoms with Gasteiger partial charge in [-0.15, -0.1) is 0 Å². The number of aliphatic hydroxyl groups is 1. The summed E-state index contributed by atoms with van der Waals surface area (Å²) in [6, 6.07) is 6.87. The molecule has 23 heavy (non-hydrogen) atoms. The number of nitrogens with one attached hydrogen (secondary N) is 2. The average Bonchev–Trinajstić information content (AvgIpc) is 2.98. The van der Waals surface area contributed by atoms with Crippen LogP contribution in [0.4, 0.5) is 4.79 Å². The second-order valence-electron chi connectivity index (χ2n) is 5.46. The molecule has 0 radical (unpaired) electrons. The van der Waals surface area contributed by atoms with Crippen LogP contribution in [0.1, 0.15) is 23.1 Å². The monoisotopic (exact) mass is 317 g/mol. The average molecular weight is 317 g/mol. The van der Waals surface area contributed by atoms with Gasteiger partial charge in [-0.2, -0.15) is 0 Å². The highest BCUT2D eigenvalue weighted by Crippen LogP contribution is 2.34. The predicted octanol–water partition coefficient (Wildman–Crippen LogP) is 1.52. The first-order valence-corrected chi connectivity index (χ1v) is 7.45. The maximum Gasteiger partial charge on any atom is 0.315 e. The lowest BCUT2D eigenvalue weighted by molar-refractivity contribution is 0.113. The number of nitrogens with zero attached hydrogens (tertiary/aromatic N) is 1. The van der Waals surface area contributed by atoms with E-state index in [1.165, 1.54) is 6.39 Å². The van der Waals surface area contributed by atoms with Crippen molar-refractivity contribution in [2.75, 3.05) is 13.2 Å². The van der Waals surface area contributed by atoms with Gasteiger partial charge in [0, 0.05) is 11.5 Å². The van der Waals surface area contributed by atoms with Crippen LogP contribution in [0, 0.1) is 12.8 Å². The Morgan fingerprint density at radius 3 is 3.00 bits per heavy atom. The molecule has 3 N–H and O–H groups in total. The third kappa shape index (κ3) is 3.29. The van der Waals surface area contributed by atoms with Crippen LogP contribution in [0.25, 0.3) is 0 Å². The zero-order valence-corrected chi connectivity index (χ0v) is 12.8. The highest BCUT2D eigenvalue weighted by atomic mass is 16.5. The van der Waals surface area contributed by atoms with Gasteiger partial charge >= 0.3 is 6.03 Å². The number of aryl methyl sites for hydroxylation is 1. The number of carbonyl (C=O) groups is 1. The summed E-state index contributed by atoms with van der Waals surface area (Å²) >= 11 is 0. The van der Waals surface area contributed by atoms with Crippen LogP contribution in [0.3, 0.4) is 0 Å². The topological polar surface area (TPSA) is 96.6 Å². The lowest BCUT2D eigenvalue weighted by Crippen LogP contribution is -2.44. The van der Waals surface area contributed by atoms with Crippen LogP contribution in [0.2, 0.25) is 0 Å². The summed E-state index contributed by atoms with van der Waals surface area (Å²) in [7, 11) is 0. The minimum atomic E-state index is -0.332. The minimum absolute atomic E-state index is 0.0690. The van der Waals surface area contributed by atoms with Crippen molar-refractivity contribution in [3.63, 3.8) is 0 Å². The molecule has 0 fully saturated rings. The van der Waals surface area contributed by atoms with Crippen LogP contribution in [0.5, 0.6) is 5.75 Å². The molecule has 0 bridgehead atoms. The second-order valence-corrected chi connectivity index (χ2v) is 5.46. The molecular weight excluding hydrogens is 298 g/mol. The Balaban J connectivity index is 1.67. The molecule has 1 aliphatic heterocycles. The number of hydrogen-bond acceptors (Lipinski definition) is 5. The first-order valence-electron chi connectivity index (χ1n) is 7.45. The first kappa shape index (κ1) is 15.4. The molecule has 7 nitrogen and oxygen atoms in total. The Bertz CT molecular complexity index is 685. The van der Waals surface area contributed by atoms with Crippen molar-refractivity contribution in [1.29, 1.82) is 0 Å². The van der Waals surface area contributed by atoms with Gasteiger partial charge < -0.3 is 24.9 Å². The predicted molar refractivity (Wildman–Crippen MR) is 81.9 cm³/mol. The molecule has 0 aliphatic carbocycles. The Morgan fingerprint density at radius 2 is 2.26 bits per heavy atom. The molecule has 2 aromatic rings. The zero-order chi connectivity index (χ0) is 16.2. The molecule has 2 atom stereocenters. The van der Waals surface area contributed by atoms with E-state index >= 15 is 0 Å². The Kier molecular flexibility index (Phi) is 4.47. The molecule has 122 valence electrons. The van der Waals surface area contributed by atoms with Gasteiger partial charge in [0.1, 0.15) is 11.5 Å². The number of hydrogen-bond donors (Lipinski definition) is 3. The van der Waals surface area contributed by atoms with E-state index in [0.717, 1.165) is 17.0 Å². The van der Waals surface area contributed by atoms with Crippen molar-refractivity contribution in [2.24, 2.45) is 5.92 Å². The van der Waals surface area contributed by atoms with Gasteiger partial charge in [-0.3, -0.25) is 0 Å². The largest absolute Gasteiger partial charge is 0.493 e. The number of aromatic nitrogens is 1.